The van der Waals surface area contributed by atoms with Crippen molar-refractivity contribution in [2.45, 2.75) is 31.9 Å². The molecule has 2 atom stereocenters. The summed E-state index contributed by atoms with van der Waals surface area (Å²) in [4.78, 5) is 25.5. The topological polar surface area (TPSA) is 92.8 Å². The van der Waals surface area contributed by atoms with Crippen molar-refractivity contribution in [3.8, 4) is 0 Å². The van der Waals surface area contributed by atoms with Crippen LogP contribution in [0, 0.1) is 11.8 Å². The highest BCUT2D eigenvalue weighted by atomic mass is 32.2. The molecule has 0 radical (unpaired) electrons. The minimum absolute atomic E-state index is 0.0786. The Morgan fingerprint density at radius 1 is 1.48 bits per heavy atom. The van der Waals surface area contributed by atoms with E-state index in [9.17, 15) is 18.0 Å². The molecule has 7 nitrogen and oxygen atoms in total. The fourth-order valence-electron chi connectivity index (χ4n) is 2.63. The number of ether oxygens (including phenoxy) is 1. The van der Waals surface area contributed by atoms with E-state index < -0.39 is 27.1 Å². The molecule has 2 saturated heterocycles. The third-order valence-corrected chi connectivity index (χ3v) is 5.48. The Hall–Kier alpha value is -1.15. The monoisotopic (exact) mass is 318 g/mol. The summed E-state index contributed by atoms with van der Waals surface area (Å²) in [6.45, 7) is 5.37. The van der Waals surface area contributed by atoms with Gasteiger partial charge in [-0.15, -0.1) is 0 Å². The van der Waals surface area contributed by atoms with E-state index in [1.807, 2.05) is 13.8 Å². The lowest BCUT2D eigenvalue weighted by molar-refractivity contribution is -0.129. The van der Waals surface area contributed by atoms with Gasteiger partial charge in [0.2, 0.25) is 21.8 Å². The van der Waals surface area contributed by atoms with Crippen molar-refractivity contribution in [1.82, 2.24) is 9.62 Å². The number of nitrogens with one attached hydrogen (secondary N) is 1. The summed E-state index contributed by atoms with van der Waals surface area (Å²) in [7, 11) is -3.71. The highest BCUT2D eigenvalue weighted by Crippen LogP contribution is 2.20. The first-order valence-corrected chi connectivity index (χ1v) is 8.75. The van der Waals surface area contributed by atoms with Crippen molar-refractivity contribution in [1.29, 1.82) is 0 Å². The van der Waals surface area contributed by atoms with Crippen LogP contribution in [-0.4, -0.2) is 56.7 Å². The maximum absolute atomic E-state index is 12.1. The van der Waals surface area contributed by atoms with Gasteiger partial charge in [-0.05, 0) is 12.3 Å². The quantitative estimate of drug-likeness (QED) is 0.753. The highest BCUT2D eigenvalue weighted by molar-refractivity contribution is 7.90. The number of likely N-dealkylation sites (tertiary alicyclic amines) is 1. The molecule has 2 amide bonds. The van der Waals surface area contributed by atoms with Crippen molar-refractivity contribution < 1.29 is 22.7 Å². The molecule has 21 heavy (non-hydrogen) atoms. The molecule has 0 aliphatic carbocycles. The Balaban J connectivity index is 1.93. The van der Waals surface area contributed by atoms with Crippen molar-refractivity contribution in [3.05, 3.63) is 0 Å². The summed E-state index contributed by atoms with van der Waals surface area (Å²) in [5.41, 5.74) is 0. The van der Waals surface area contributed by atoms with Gasteiger partial charge in [-0.2, -0.15) is 0 Å². The second-order valence-electron chi connectivity index (χ2n) is 6.09. The van der Waals surface area contributed by atoms with E-state index in [4.69, 9.17) is 4.74 Å². The molecule has 120 valence electrons. The number of amides is 2. The number of carbonyl (C=O) groups is 2. The number of hydrogen-bond acceptors (Lipinski definition) is 5. The summed E-state index contributed by atoms with van der Waals surface area (Å²) in [6.07, 6.45) is 0.473. The molecular weight excluding hydrogens is 296 g/mol. The average Bonchev–Trinajstić information content (AvgIpc) is 2.99. The van der Waals surface area contributed by atoms with Crippen LogP contribution in [0.3, 0.4) is 0 Å². The predicted octanol–water partition coefficient (Wildman–Crippen LogP) is -0.274. The first kappa shape index (κ1) is 16.2. The zero-order valence-corrected chi connectivity index (χ0v) is 13.2. The third-order valence-electron chi connectivity index (χ3n) is 3.74. The van der Waals surface area contributed by atoms with Gasteiger partial charge in [-0.25, -0.2) is 8.42 Å². The van der Waals surface area contributed by atoms with Crippen molar-refractivity contribution in [2.24, 2.45) is 11.8 Å². The highest BCUT2D eigenvalue weighted by Gasteiger charge is 2.38. The number of nitrogens with zero attached hydrogens (tertiary/aromatic N) is 1. The molecular formula is C13H22N2O5S. The second kappa shape index (κ2) is 6.31. The van der Waals surface area contributed by atoms with Gasteiger partial charge < -0.3 is 9.64 Å². The Labute approximate surface area is 125 Å². The molecule has 0 aromatic rings. The zero-order valence-electron chi connectivity index (χ0n) is 12.4. The third kappa shape index (κ3) is 3.94. The smallest absolute Gasteiger partial charge is 0.240 e. The minimum Gasteiger partial charge on any atom is -0.380 e. The first-order chi connectivity index (χ1) is 9.79. The molecule has 2 rings (SSSR count). The molecule has 0 spiro atoms. The molecule has 0 saturated carbocycles. The summed E-state index contributed by atoms with van der Waals surface area (Å²) in [5.74, 6) is -0.949. The minimum atomic E-state index is -3.71. The van der Waals surface area contributed by atoms with Gasteiger partial charge in [0, 0.05) is 26.1 Å². The van der Waals surface area contributed by atoms with E-state index in [1.54, 1.807) is 4.90 Å². The fraction of sp³-hybridized carbons (Fsp3) is 0.846. The van der Waals surface area contributed by atoms with E-state index >= 15 is 0 Å². The molecule has 0 aromatic carbocycles. The van der Waals surface area contributed by atoms with Gasteiger partial charge >= 0.3 is 0 Å². The van der Waals surface area contributed by atoms with Crippen LogP contribution < -0.4 is 4.72 Å². The lowest BCUT2D eigenvalue weighted by Crippen LogP contribution is -2.42. The van der Waals surface area contributed by atoms with Gasteiger partial charge in [0.15, 0.2) is 0 Å². The molecule has 0 aromatic heterocycles. The molecule has 2 heterocycles. The SMILES string of the molecule is CC(C)CN1CC(C(=O)NS(=O)(=O)C2CCOC2)CC1=O. The summed E-state index contributed by atoms with van der Waals surface area (Å²) in [6, 6.07) is 0. The van der Waals surface area contributed by atoms with Gasteiger partial charge in [-0.1, -0.05) is 13.8 Å². The lowest BCUT2D eigenvalue weighted by Gasteiger charge is -2.19. The van der Waals surface area contributed by atoms with E-state index in [1.165, 1.54) is 0 Å². The van der Waals surface area contributed by atoms with Crippen LogP contribution in [0.15, 0.2) is 0 Å². The van der Waals surface area contributed by atoms with Crippen LogP contribution >= 0.6 is 0 Å². The molecule has 2 fully saturated rings. The van der Waals surface area contributed by atoms with Gasteiger partial charge in [0.05, 0.1) is 12.5 Å². The lowest BCUT2D eigenvalue weighted by atomic mass is 10.1. The summed E-state index contributed by atoms with van der Waals surface area (Å²) < 4.78 is 31.2. The van der Waals surface area contributed by atoms with E-state index in [-0.39, 0.29) is 18.9 Å². The Morgan fingerprint density at radius 3 is 2.76 bits per heavy atom. The number of carbonyl (C=O) groups excluding carboxylic acids is 2. The average molecular weight is 318 g/mol. The first-order valence-electron chi connectivity index (χ1n) is 7.20. The van der Waals surface area contributed by atoms with E-state index in [0.29, 0.717) is 32.0 Å². The van der Waals surface area contributed by atoms with Gasteiger partial charge in [0.25, 0.3) is 0 Å². The Morgan fingerprint density at radius 2 is 2.19 bits per heavy atom. The van der Waals surface area contributed by atoms with Crippen LogP contribution in [0.2, 0.25) is 0 Å². The maximum atomic E-state index is 12.1. The van der Waals surface area contributed by atoms with Crippen LogP contribution in [-0.2, 0) is 24.3 Å². The predicted molar refractivity (Wildman–Crippen MR) is 75.8 cm³/mol. The van der Waals surface area contributed by atoms with Gasteiger partial charge in [-0.3, -0.25) is 14.3 Å². The number of rotatable bonds is 5. The second-order valence-corrected chi connectivity index (χ2v) is 8.05. The maximum Gasteiger partial charge on any atom is 0.240 e. The zero-order chi connectivity index (χ0) is 15.6. The summed E-state index contributed by atoms with van der Waals surface area (Å²) in [5, 5.41) is -0.676. The van der Waals surface area contributed by atoms with Crippen LogP contribution in [0.5, 0.6) is 0 Å². The standard InChI is InChI=1S/C13H22N2O5S/c1-9(2)6-15-7-10(5-12(15)16)13(17)14-21(18,19)11-3-4-20-8-11/h9-11H,3-8H2,1-2H3,(H,14,17). The molecule has 8 heteroatoms. The number of hydrogen-bond donors (Lipinski definition) is 1. The van der Waals surface area contributed by atoms with Crippen molar-refractivity contribution in [3.63, 3.8) is 0 Å². The Kier molecular flexibility index (Phi) is 4.88. The summed E-state index contributed by atoms with van der Waals surface area (Å²) >= 11 is 0. The molecule has 2 aliphatic rings. The van der Waals surface area contributed by atoms with Crippen LogP contribution in [0.25, 0.3) is 0 Å². The van der Waals surface area contributed by atoms with E-state index in [0.717, 1.165) is 0 Å². The van der Waals surface area contributed by atoms with Gasteiger partial charge in [0.1, 0.15) is 5.25 Å². The van der Waals surface area contributed by atoms with Crippen LogP contribution in [0.4, 0.5) is 0 Å². The Bertz CT molecular complexity index is 511. The van der Waals surface area contributed by atoms with Crippen molar-refractivity contribution >= 4 is 21.8 Å². The van der Waals surface area contributed by atoms with E-state index in [2.05, 4.69) is 4.72 Å². The molecule has 1 N–H and O–H groups in total. The normalized spacial score (nSPS) is 26.6. The largest absolute Gasteiger partial charge is 0.380 e. The molecule has 2 unspecified atom stereocenters. The fourth-order valence-corrected chi connectivity index (χ4v) is 3.93. The molecule has 0 bridgehead atoms. The number of sulfonamides is 1. The van der Waals surface area contributed by atoms with Crippen LogP contribution in [0.1, 0.15) is 26.7 Å². The molecule has 2 aliphatic heterocycles. The van der Waals surface area contributed by atoms with Crippen molar-refractivity contribution in [2.75, 3.05) is 26.3 Å².